The Bertz CT molecular complexity index is 269. The Hall–Kier alpha value is -0.610. The summed E-state index contributed by atoms with van der Waals surface area (Å²) in [5, 5.41) is 3.34. The van der Waals surface area contributed by atoms with Crippen LogP contribution in [0.15, 0.2) is 0 Å². The van der Waals surface area contributed by atoms with Crippen molar-refractivity contribution in [2.75, 3.05) is 26.2 Å². The van der Waals surface area contributed by atoms with Crippen LogP contribution in [0.5, 0.6) is 0 Å². The van der Waals surface area contributed by atoms with Crippen molar-refractivity contribution in [2.45, 2.75) is 51.2 Å². The zero-order valence-electron chi connectivity index (χ0n) is 11.0. The summed E-state index contributed by atoms with van der Waals surface area (Å²) >= 11 is 0. The molecule has 0 aromatic carbocycles. The van der Waals surface area contributed by atoms with E-state index in [4.69, 9.17) is 4.74 Å². The van der Waals surface area contributed by atoms with Gasteiger partial charge in [0.15, 0.2) is 0 Å². The fraction of sp³-hybridized carbons (Fsp3) is 0.923. The Kier molecular flexibility index (Phi) is 4.05. The first-order valence-electron chi connectivity index (χ1n) is 6.82. The number of rotatable bonds is 4. The third-order valence-corrected chi connectivity index (χ3v) is 3.96. The predicted octanol–water partition coefficient (Wildman–Crippen LogP) is 1.16. The lowest BCUT2D eigenvalue weighted by atomic mass is 9.98. The zero-order valence-corrected chi connectivity index (χ0v) is 11.0. The van der Waals surface area contributed by atoms with E-state index in [9.17, 15) is 4.79 Å². The summed E-state index contributed by atoms with van der Waals surface area (Å²) in [5.41, 5.74) is -0.339. The summed E-state index contributed by atoms with van der Waals surface area (Å²) in [6.45, 7) is 7.42. The maximum Gasteiger partial charge on any atom is 0.242 e. The van der Waals surface area contributed by atoms with Crippen LogP contribution in [0.4, 0.5) is 0 Å². The number of carbonyl (C=O) groups is 1. The van der Waals surface area contributed by atoms with Crippen molar-refractivity contribution in [3.8, 4) is 0 Å². The summed E-state index contributed by atoms with van der Waals surface area (Å²) < 4.78 is 5.62. The van der Waals surface area contributed by atoms with E-state index in [1.54, 1.807) is 0 Å². The zero-order chi connectivity index (χ0) is 12.3. The molecule has 2 unspecified atom stereocenters. The van der Waals surface area contributed by atoms with Crippen LogP contribution >= 0.6 is 0 Å². The van der Waals surface area contributed by atoms with E-state index >= 15 is 0 Å². The minimum Gasteiger partial charge on any atom is -0.376 e. The van der Waals surface area contributed by atoms with Crippen molar-refractivity contribution < 1.29 is 9.53 Å². The largest absolute Gasteiger partial charge is 0.376 e. The molecule has 2 rings (SSSR count). The number of hydrogen-bond donors (Lipinski definition) is 1. The van der Waals surface area contributed by atoms with Crippen molar-refractivity contribution >= 4 is 5.91 Å². The quantitative estimate of drug-likeness (QED) is 0.801. The minimum absolute atomic E-state index is 0.244. The fourth-order valence-electron chi connectivity index (χ4n) is 2.82. The molecule has 0 spiro atoms. The molecule has 0 aliphatic carbocycles. The molecule has 17 heavy (non-hydrogen) atoms. The lowest BCUT2D eigenvalue weighted by Gasteiger charge is -2.32. The second-order valence-corrected chi connectivity index (χ2v) is 5.34. The van der Waals surface area contributed by atoms with Crippen molar-refractivity contribution in [1.82, 2.24) is 10.2 Å². The highest BCUT2D eigenvalue weighted by molar-refractivity contribution is 5.86. The first kappa shape index (κ1) is 12.8. The lowest BCUT2D eigenvalue weighted by Crippen LogP contribution is -2.54. The minimum atomic E-state index is -0.339. The van der Waals surface area contributed by atoms with E-state index in [1.165, 1.54) is 0 Å². The average Bonchev–Trinajstić information content (AvgIpc) is 2.97. The second kappa shape index (κ2) is 5.36. The standard InChI is InChI=1S/C13H24N2O2/c1-3-15(10-11-6-4-9-17-11)12(16)13(2)7-5-8-14-13/h11,14H,3-10H2,1-2H3. The Labute approximate surface area is 104 Å². The van der Waals surface area contributed by atoms with Crippen LogP contribution in [-0.2, 0) is 9.53 Å². The molecule has 2 atom stereocenters. The van der Waals surface area contributed by atoms with Crippen LogP contribution in [0.3, 0.4) is 0 Å². The molecule has 2 fully saturated rings. The van der Waals surface area contributed by atoms with Crippen LogP contribution < -0.4 is 5.32 Å². The van der Waals surface area contributed by atoms with Crippen LogP contribution in [0.2, 0.25) is 0 Å². The first-order valence-corrected chi connectivity index (χ1v) is 6.82. The van der Waals surface area contributed by atoms with E-state index in [0.29, 0.717) is 0 Å². The topological polar surface area (TPSA) is 41.6 Å². The van der Waals surface area contributed by atoms with Gasteiger partial charge in [-0.3, -0.25) is 4.79 Å². The molecular formula is C13H24N2O2. The van der Waals surface area contributed by atoms with Gasteiger partial charge in [0, 0.05) is 19.7 Å². The summed E-state index contributed by atoms with van der Waals surface area (Å²) in [4.78, 5) is 14.4. The Morgan fingerprint density at radius 2 is 2.35 bits per heavy atom. The normalized spacial score (nSPS) is 32.9. The third kappa shape index (κ3) is 2.80. The van der Waals surface area contributed by atoms with Gasteiger partial charge in [0.25, 0.3) is 0 Å². The molecule has 2 heterocycles. The maximum absolute atomic E-state index is 12.5. The lowest BCUT2D eigenvalue weighted by molar-refractivity contribution is -0.138. The number of nitrogens with zero attached hydrogens (tertiary/aromatic N) is 1. The molecule has 2 saturated heterocycles. The molecule has 98 valence electrons. The molecule has 1 N–H and O–H groups in total. The van der Waals surface area contributed by atoms with E-state index < -0.39 is 0 Å². The Morgan fingerprint density at radius 3 is 2.88 bits per heavy atom. The van der Waals surface area contributed by atoms with Gasteiger partial charge in [-0.1, -0.05) is 0 Å². The number of carbonyl (C=O) groups excluding carboxylic acids is 1. The first-order chi connectivity index (χ1) is 8.15. The number of nitrogens with one attached hydrogen (secondary N) is 1. The molecular weight excluding hydrogens is 216 g/mol. The summed E-state index contributed by atoms with van der Waals surface area (Å²) in [7, 11) is 0. The van der Waals surface area contributed by atoms with Gasteiger partial charge >= 0.3 is 0 Å². The highest BCUT2D eigenvalue weighted by atomic mass is 16.5. The van der Waals surface area contributed by atoms with Crippen LogP contribution in [0.1, 0.15) is 39.5 Å². The van der Waals surface area contributed by atoms with Crippen molar-refractivity contribution in [2.24, 2.45) is 0 Å². The van der Waals surface area contributed by atoms with Gasteiger partial charge in [-0.05, 0) is 46.1 Å². The molecule has 0 aromatic rings. The Morgan fingerprint density at radius 1 is 1.53 bits per heavy atom. The monoisotopic (exact) mass is 240 g/mol. The SMILES string of the molecule is CCN(CC1CCCO1)C(=O)C1(C)CCCN1. The van der Waals surface area contributed by atoms with Crippen molar-refractivity contribution in [3.63, 3.8) is 0 Å². The molecule has 0 radical (unpaired) electrons. The maximum atomic E-state index is 12.5. The van der Waals surface area contributed by atoms with Crippen LogP contribution in [0.25, 0.3) is 0 Å². The molecule has 4 heteroatoms. The highest BCUT2D eigenvalue weighted by Gasteiger charge is 2.39. The number of ether oxygens (including phenoxy) is 1. The number of hydrogen-bond acceptors (Lipinski definition) is 3. The van der Waals surface area contributed by atoms with Gasteiger partial charge in [-0.2, -0.15) is 0 Å². The van der Waals surface area contributed by atoms with Crippen LogP contribution in [0, 0.1) is 0 Å². The van der Waals surface area contributed by atoms with Crippen molar-refractivity contribution in [3.05, 3.63) is 0 Å². The van der Waals surface area contributed by atoms with Crippen molar-refractivity contribution in [1.29, 1.82) is 0 Å². The van der Waals surface area contributed by atoms with E-state index in [0.717, 1.165) is 51.9 Å². The van der Waals surface area contributed by atoms with Gasteiger partial charge in [-0.15, -0.1) is 0 Å². The smallest absolute Gasteiger partial charge is 0.242 e. The van der Waals surface area contributed by atoms with Gasteiger partial charge in [-0.25, -0.2) is 0 Å². The molecule has 2 aliphatic rings. The second-order valence-electron chi connectivity index (χ2n) is 5.34. The third-order valence-electron chi connectivity index (χ3n) is 3.96. The average molecular weight is 240 g/mol. The van der Waals surface area contributed by atoms with Gasteiger partial charge in [0.05, 0.1) is 11.6 Å². The Balaban J connectivity index is 1.94. The summed E-state index contributed by atoms with van der Waals surface area (Å²) in [5.74, 6) is 0.244. The number of likely N-dealkylation sites (N-methyl/N-ethyl adjacent to an activating group) is 1. The molecule has 4 nitrogen and oxygen atoms in total. The van der Waals surface area contributed by atoms with E-state index in [2.05, 4.69) is 5.32 Å². The highest BCUT2D eigenvalue weighted by Crippen LogP contribution is 2.22. The van der Waals surface area contributed by atoms with E-state index in [-0.39, 0.29) is 17.6 Å². The molecule has 0 bridgehead atoms. The van der Waals surface area contributed by atoms with E-state index in [1.807, 2.05) is 18.7 Å². The molecule has 0 aromatic heterocycles. The van der Waals surface area contributed by atoms with Gasteiger partial charge < -0.3 is 15.0 Å². The molecule has 1 amide bonds. The summed E-state index contributed by atoms with van der Waals surface area (Å²) in [6, 6.07) is 0. The van der Waals surface area contributed by atoms with Gasteiger partial charge in [0.1, 0.15) is 0 Å². The summed E-state index contributed by atoms with van der Waals surface area (Å²) in [6.07, 6.45) is 4.52. The van der Waals surface area contributed by atoms with Gasteiger partial charge in [0.2, 0.25) is 5.91 Å². The fourth-order valence-corrected chi connectivity index (χ4v) is 2.82. The number of amides is 1. The predicted molar refractivity (Wildman–Crippen MR) is 66.9 cm³/mol. The molecule has 0 saturated carbocycles. The molecule has 2 aliphatic heterocycles. The van der Waals surface area contributed by atoms with Crippen LogP contribution in [-0.4, -0.2) is 48.7 Å².